The number of esters is 1. The number of alkyl halides is 3. The average molecular weight is 521 g/mol. The lowest BCUT2D eigenvalue weighted by Crippen LogP contribution is -2.45. The Hall–Kier alpha value is -3.68. The van der Waals surface area contributed by atoms with Gasteiger partial charge in [-0.25, -0.2) is 9.59 Å². The van der Waals surface area contributed by atoms with Gasteiger partial charge >= 0.3 is 18.1 Å². The third kappa shape index (κ3) is 15.3. The molecule has 1 rings (SSSR count). The molecule has 0 saturated carbocycles. The van der Waals surface area contributed by atoms with Gasteiger partial charge in [0.1, 0.15) is 12.6 Å². The molecule has 0 heterocycles. The van der Waals surface area contributed by atoms with Crippen molar-refractivity contribution in [3.05, 3.63) is 35.4 Å². The Morgan fingerprint density at radius 3 is 2.28 bits per heavy atom. The van der Waals surface area contributed by atoms with E-state index in [1.807, 2.05) is 6.92 Å². The standard InChI is InChI=1S/C20H30N4O5.C2HF3O2/c1-3-4-12-29-18(25)14-28-11-5-10-22-19(26)15(2)24-20(27)17-8-6-16(7-9-17)13-23-21;3-2(4,5)1(6)7/h6-9,13,15H,3-5,10-12,14,21H2,1-2H3,(H,22,26)(H,24,27);(H,6,7)/t15-;/m0./s1. The van der Waals surface area contributed by atoms with Crippen molar-refractivity contribution in [1.29, 1.82) is 0 Å². The molecule has 0 aliphatic heterocycles. The van der Waals surface area contributed by atoms with Crippen LogP contribution in [0.1, 0.15) is 49.0 Å². The number of halogens is 3. The zero-order chi connectivity index (χ0) is 27.6. The summed E-state index contributed by atoms with van der Waals surface area (Å²) in [6.07, 6.45) is -1.28. The Kier molecular flexibility index (Phi) is 15.9. The van der Waals surface area contributed by atoms with Crippen LogP contribution < -0.4 is 16.5 Å². The fourth-order valence-electron chi connectivity index (χ4n) is 2.22. The lowest BCUT2D eigenvalue weighted by atomic mass is 10.1. The van der Waals surface area contributed by atoms with E-state index in [1.54, 1.807) is 31.2 Å². The minimum Gasteiger partial charge on any atom is -0.475 e. The maximum atomic E-state index is 12.2. The minimum absolute atomic E-state index is 0.0972. The summed E-state index contributed by atoms with van der Waals surface area (Å²) in [6.45, 7) is 4.62. The Labute approximate surface area is 206 Å². The van der Waals surface area contributed by atoms with Crippen molar-refractivity contribution in [2.75, 3.05) is 26.4 Å². The van der Waals surface area contributed by atoms with Gasteiger partial charge in [0, 0.05) is 18.7 Å². The quantitative estimate of drug-likeness (QED) is 0.0999. The van der Waals surface area contributed by atoms with Crippen LogP contribution in [0.25, 0.3) is 0 Å². The van der Waals surface area contributed by atoms with E-state index in [1.165, 1.54) is 6.21 Å². The van der Waals surface area contributed by atoms with Crippen LogP contribution in [0.2, 0.25) is 0 Å². The molecule has 1 aromatic carbocycles. The molecule has 14 heteroatoms. The van der Waals surface area contributed by atoms with Gasteiger partial charge in [0.25, 0.3) is 5.91 Å². The maximum absolute atomic E-state index is 12.2. The number of carbonyl (C=O) groups is 4. The highest BCUT2D eigenvalue weighted by Gasteiger charge is 2.38. The second-order valence-electron chi connectivity index (χ2n) is 7.17. The molecule has 0 spiro atoms. The van der Waals surface area contributed by atoms with Gasteiger partial charge < -0.3 is 31.1 Å². The Balaban J connectivity index is 0.00000152. The lowest BCUT2D eigenvalue weighted by molar-refractivity contribution is -0.192. The molecular formula is C22H31F3N4O7. The van der Waals surface area contributed by atoms with Gasteiger partial charge in [0.15, 0.2) is 0 Å². The van der Waals surface area contributed by atoms with E-state index in [4.69, 9.17) is 25.2 Å². The topological polar surface area (TPSA) is 169 Å². The number of ether oxygens (including phenoxy) is 2. The number of benzene rings is 1. The van der Waals surface area contributed by atoms with Gasteiger partial charge in [-0.15, -0.1) is 0 Å². The van der Waals surface area contributed by atoms with E-state index in [0.717, 1.165) is 18.4 Å². The Morgan fingerprint density at radius 2 is 1.75 bits per heavy atom. The fraction of sp³-hybridized carbons (Fsp3) is 0.500. The third-order valence-corrected chi connectivity index (χ3v) is 4.13. The molecule has 0 fully saturated rings. The van der Waals surface area contributed by atoms with E-state index in [0.29, 0.717) is 31.7 Å². The predicted octanol–water partition coefficient (Wildman–Crippen LogP) is 1.60. The van der Waals surface area contributed by atoms with Crippen molar-refractivity contribution in [1.82, 2.24) is 10.6 Å². The summed E-state index contributed by atoms with van der Waals surface area (Å²) in [6, 6.07) is 5.97. The number of nitrogens with two attached hydrogens (primary N) is 1. The number of nitrogens with zero attached hydrogens (tertiary/aromatic N) is 1. The van der Waals surface area contributed by atoms with E-state index >= 15 is 0 Å². The molecule has 0 saturated heterocycles. The number of carbonyl (C=O) groups excluding carboxylic acids is 3. The summed E-state index contributed by atoms with van der Waals surface area (Å²) < 4.78 is 41.9. The minimum atomic E-state index is -5.08. The van der Waals surface area contributed by atoms with Crippen LogP contribution in [-0.4, -0.2) is 73.7 Å². The van der Waals surface area contributed by atoms with Crippen molar-refractivity contribution in [2.24, 2.45) is 10.9 Å². The summed E-state index contributed by atoms with van der Waals surface area (Å²) in [5.74, 6) is 1.28. The highest BCUT2D eigenvalue weighted by atomic mass is 19.4. The second kappa shape index (κ2) is 17.7. The largest absolute Gasteiger partial charge is 0.490 e. The Bertz CT molecular complexity index is 862. The summed E-state index contributed by atoms with van der Waals surface area (Å²) in [7, 11) is 0. The molecular weight excluding hydrogens is 489 g/mol. The second-order valence-corrected chi connectivity index (χ2v) is 7.17. The smallest absolute Gasteiger partial charge is 0.475 e. The first-order valence-corrected chi connectivity index (χ1v) is 10.9. The highest BCUT2D eigenvalue weighted by molar-refractivity contribution is 5.98. The molecule has 1 atom stereocenters. The van der Waals surface area contributed by atoms with Gasteiger partial charge in [0.2, 0.25) is 5.91 Å². The molecule has 0 aliphatic rings. The normalized spacial score (nSPS) is 11.7. The van der Waals surface area contributed by atoms with Crippen LogP contribution in [0.5, 0.6) is 0 Å². The van der Waals surface area contributed by atoms with Crippen molar-refractivity contribution in [3.8, 4) is 0 Å². The van der Waals surface area contributed by atoms with Gasteiger partial charge in [-0.05, 0) is 37.5 Å². The van der Waals surface area contributed by atoms with E-state index in [-0.39, 0.29) is 24.4 Å². The number of nitrogens with one attached hydrogen (secondary N) is 2. The molecule has 0 aliphatic carbocycles. The summed E-state index contributed by atoms with van der Waals surface area (Å²) >= 11 is 0. The van der Waals surface area contributed by atoms with Crippen molar-refractivity contribution in [2.45, 2.75) is 45.3 Å². The van der Waals surface area contributed by atoms with Crippen LogP contribution in [0.15, 0.2) is 29.4 Å². The van der Waals surface area contributed by atoms with Crippen molar-refractivity contribution in [3.63, 3.8) is 0 Å². The van der Waals surface area contributed by atoms with Crippen LogP contribution in [0.3, 0.4) is 0 Å². The molecule has 0 unspecified atom stereocenters. The van der Waals surface area contributed by atoms with Crippen LogP contribution in [-0.2, 0) is 23.9 Å². The number of carboxylic acid groups (broad SMARTS) is 1. The molecule has 202 valence electrons. The molecule has 11 nitrogen and oxygen atoms in total. The third-order valence-electron chi connectivity index (χ3n) is 4.13. The maximum Gasteiger partial charge on any atom is 0.490 e. The molecule has 2 amide bonds. The highest BCUT2D eigenvalue weighted by Crippen LogP contribution is 2.13. The summed E-state index contributed by atoms with van der Waals surface area (Å²) in [4.78, 5) is 44.5. The van der Waals surface area contributed by atoms with Crippen LogP contribution >= 0.6 is 0 Å². The molecule has 5 N–H and O–H groups in total. The number of hydrazone groups is 1. The molecule has 36 heavy (non-hydrogen) atoms. The number of amides is 2. The van der Waals surface area contributed by atoms with E-state index in [9.17, 15) is 27.6 Å². The SMILES string of the molecule is CCCCOC(=O)COCCCNC(=O)[C@H](C)NC(=O)c1ccc(C=NN)cc1.O=C(O)C(F)(F)F. The number of carboxylic acids is 1. The van der Waals surface area contributed by atoms with Crippen LogP contribution in [0.4, 0.5) is 13.2 Å². The summed E-state index contributed by atoms with van der Waals surface area (Å²) in [5.41, 5.74) is 1.20. The van der Waals surface area contributed by atoms with E-state index < -0.39 is 18.2 Å². The number of hydrogen-bond donors (Lipinski definition) is 4. The first kappa shape index (κ1) is 32.3. The lowest BCUT2D eigenvalue weighted by Gasteiger charge is -2.14. The van der Waals surface area contributed by atoms with Gasteiger partial charge in [-0.3, -0.25) is 9.59 Å². The molecule has 1 aromatic rings. The van der Waals surface area contributed by atoms with Gasteiger partial charge in [-0.1, -0.05) is 25.5 Å². The van der Waals surface area contributed by atoms with Gasteiger partial charge in [0.05, 0.1) is 12.8 Å². The van der Waals surface area contributed by atoms with Crippen molar-refractivity contribution < 1.29 is 46.9 Å². The van der Waals surface area contributed by atoms with Crippen molar-refractivity contribution >= 4 is 30.0 Å². The Morgan fingerprint density at radius 1 is 1.14 bits per heavy atom. The number of unbranched alkanes of at least 4 members (excludes halogenated alkanes) is 1. The predicted molar refractivity (Wildman–Crippen MR) is 123 cm³/mol. The zero-order valence-electron chi connectivity index (χ0n) is 20.0. The molecule has 0 radical (unpaired) electrons. The molecule has 0 aromatic heterocycles. The zero-order valence-corrected chi connectivity index (χ0v) is 20.0. The van der Waals surface area contributed by atoms with E-state index in [2.05, 4.69) is 15.7 Å². The summed E-state index contributed by atoms with van der Waals surface area (Å²) in [5, 5.41) is 15.9. The van der Waals surface area contributed by atoms with Gasteiger partial charge in [-0.2, -0.15) is 18.3 Å². The number of hydrogen-bond acceptors (Lipinski definition) is 8. The fourth-order valence-corrected chi connectivity index (χ4v) is 2.22. The first-order chi connectivity index (χ1) is 16.9. The average Bonchev–Trinajstić information content (AvgIpc) is 2.81. The number of aliphatic carboxylic acids is 1. The number of rotatable bonds is 13. The van der Waals surface area contributed by atoms with Crippen LogP contribution in [0, 0.1) is 0 Å². The first-order valence-electron chi connectivity index (χ1n) is 10.9. The monoisotopic (exact) mass is 520 g/mol. The molecule has 0 bridgehead atoms.